The molecule has 1 saturated carbocycles. The molecule has 0 saturated heterocycles. The van der Waals surface area contributed by atoms with Gasteiger partial charge in [0.25, 0.3) is 0 Å². The average molecular weight is 261 g/mol. The van der Waals surface area contributed by atoms with Crippen molar-refractivity contribution in [1.29, 1.82) is 0 Å². The minimum atomic E-state index is -0.281. The number of rotatable bonds is 3. The molecule has 0 spiro atoms. The molecule has 1 aliphatic carbocycles. The van der Waals surface area contributed by atoms with Crippen molar-refractivity contribution in [3.8, 4) is 0 Å². The molecule has 1 fully saturated rings. The summed E-state index contributed by atoms with van der Waals surface area (Å²) in [5.74, 6) is -0.281. The molecule has 2 rings (SSSR count). The summed E-state index contributed by atoms with van der Waals surface area (Å²) in [6, 6.07) is 7.99. The highest BCUT2D eigenvalue weighted by atomic mass is 16.5. The first-order chi connectivity index (χ1) is 9.04. The molecule has 3 nitrogen and oxygen atoms in total. The van der Waals surface area contributed by atoms with Gasteiger partial charge in [-0.05, 0) is 30.4 Å². The molecule has 0 amide bonds. The van der Waals surface area contributed by atoms with E-state index in [-0.39, 0.29) is 11.4 Å². The van der Waals surface area contributed by atoms with Crippen molar-refractivity contribution in [2.45, 2.75) is 45.6 Å². The first-order valence-corrected chi connectivity index (χ1v) is 6.98. The predicted octanol–water partition coefficient (Wildman–Crippen LogP) is 3.85. The van der Waals surface area contributed by atoms with Crippen LogP contribution in [0.5, 0.6) is 0 Å². The van der Waals surface area contributed by atoms with Crippen LogP contribution in [0.2, 0.25) is 0 Å². The maximum absolute atomic E-state index is 11.8. The summed E-state index contributed by atoms with van der Waals surface area (Å²) in [6.07, 6.45) is 4.93. The molecule has 1 aliphatic rings. The van der Waals surface area contributed by atoms with Crippen LogP contribution in [0.25, 0.3) is 0 Å². The van der Waals surface area contributed by atoms with Gasteiger partial charge in [-0.3, -0.25) is 0 Å². The van der Waals surface area contributed by atoms with E-state index in [1.54, 1.807) is 0 Å². The van der Waals surface area contributed by atoms with Gasteiger partial charge in [0.05, 0.1) is 12.7 Å². The van der Waals surface area contributed by atoms with Gasteiger partial charge in [0.2, 0.25) is 0 Å². The van der Waals surface area contributed by atoms with E-state index >= 15 is 0 Å². The van der Waals surface area contributed by atoms with Gasteiger partial charge in [0.15, 0.2) is 0 Å². The van der Waals surface area contributed by atoms with Crippen LogP contribution in [0.4, 0.5) is 5.69 Å². The predicted molar refractivity (Wildman–Crippen MR) is 77.4 cm³/mol. The Morgan fingerprint density at radius 1 is 1.32 bits per heavy atom. The van der Waals surface area contributed by atoms with Crippen molar-refractivity contribution in [1.82, 2.24) is 0 Å². The van der Waals surface area contributed by atoms with Crippen molar-refractivity contribution in [3.05, 3.63) is 29.8 Å². The van der Waals surface area contributed by atoms with Gasteiger partial charge in [0.1, 0.15) is 0 Å². The van der Waals surface area contributed by atoms with E-state index in [9.17, 15) is 4.79 Å². The average Bonchev–Trinajstić information content (AvgIpc) is 2.41. The summed E-state index contributed by atoms with van der Waals surface area (Å²) in [6.45, 7) is 4.59. The molecule has 0 aliphatic heterocycles. The number of nitrogens with one attached hydrogen (secondary N) is 1. The lowest BCUT2D eigenvalue weighted by molar-refractivity contribution is 0.0601. The van der Waals surface area contributed by atoms with Crippen molar-refractivity contribution >= 4 is 11.7 Å². The molecule has 3 heteroatoms. The third-order valence-electron chi connectivity index (χ3n) is 4.17. The van der Waals surface area contributed by atoms with Crippen molar-refractivity contribution in [2.75, 3.05) is 12.4 Å². The van der Waals surface area contributed by atoms with Crippen LogP contribution in [0.1, 0.15) is 49.9 Å². The Bertz CT molecular complexity index is 454. The molecule has 0 heterocycles. The van der Waals surface area contributed by atoms with Crippen LogP contribution >= 0.6 is 0 Å². The zero-order chi connectivity index (χ0) is 13.9. The van der Waals surface area contributed by atoms with Crippen LogP contribution in [0.15, 0.2) is 24.3 Å². The van der Waals surface area contributed by atoms with E-state index in [0.717, 1.165) is 12.1 Å². The number of ether oxygens (including phenoxy) is 1. The summed E-state index contributed by atoms with van der Waals surface area (Å²) >= 11 is 0. The molecule has 1 aromatic carbocycles. The first kappa shape index (κ1) is 13.9. The fourth-order valence-corrected chi connectivity index (χ4v) is 2.85. The quantitative estimate of drug-likeness (QED) is 0.840. The largest absolute Gasteiger partial charge is 0.465 e. The van der Waals surface area contributed by atoms with Gasteiger partial charge in [-0.15, -0.1) is 0 Å². The summed E-state index contributed by atoms with van der Waals surface area (Å²) in [4.78, 5) is 11.8. The van der Waals surface area contributed by atoms with Crippen LogP contribution in [-0.4, -0.2) is 19.1 Å². The summed E-state index contributed by atoms with van der Waals surface area (Å²) < 4.78 is 4.84. The van der Waals surface area contributed by atoms with E-state index in [4.69, 9.17) is 4.74 Å². The highest BCUT2D eigenvalue weighted by molar-refractivity contribution is 5.95. The van der Waals surface area contributed by atoms with Gasteiger partial charge in [-0.2, -0.15) is 0 Å². The number of hydrogen-bond donors (Lipinski definition) is 1. The summed E-state index contributed by atoms with van der Waals surface area (Å²) in [5, 5.41) is 3.55. The monoisotopic (exact) mass is 261 g/mol. The second-order valence-corrected chi connectivity index (χ2v) is 5.97. The van der Waals surface area contributed by atoms with Gasteiger partial charge in [-0.1, -0.05) is 38.8 Å². The fourth-order valence-electron chi connectivity index (χ4n) is 2.85. The molecule has 1 atom stereocenters. The molecule has 19 heavy (non-hydrogen) atoms. The highest BCUT2D eigenvalue weighted by Gasteiger charge is 2.32. The normalized spacial score (nSPS) is 21.7. The Morgan fingerprint density at radius 2 is 2.05 bits per heavy atom. The van der Waals surface area contributed by atoms with Crippen LogP contribution in [-0.2, 0) is 4.74 Å². The van der Waals surface area contributed by atoms with E-state index in [2.05, 4.69) is 19.2 Å². The van der Waals surface area contributed by atoms with Crippen LogP contribution in [0, 0.1) is 5.41 Å². The number of para-hydroxylation sites is 1. The Hall–Kier alpha value is -1.51. The maximum atomic E-state index is 11.8. The van der Waals surface area contributed by atoms with Gasteiger partial charge in [-0.25, -0.2) is 4.79 Å². The Morgan fingerprint density at radius 3 is 2.74 bits per heavy atom. The van der Waals surface area contributed by atoms with Gasteiger partial charge in [0, 0.05) is 11.7 Å². The Labute approximate surface area is 115 Å². The highest BCUT2D eigenvalue weighted by Crippen LogP contribution is 2.37. The Kier molecular flexibility index (Phi) is 4.13. The molecule has 104 valence electrons. The molecule has 1 aromatic rings. The molecule has 0 radical (unpaired) electrons. The SMILES string of the molecule is COC(=O)c1ccccc1NC1CCCCC1(C)C. The number of anilines is 1. The van der Waals surface area contributed by atoms with Crippen LogP contribution < -0.4 is 5.32 Å². The van der Waals surface area contributed by atoms with E-state index < -0.39 is 0 Å². The molecule has 1 N–H and O–H groups in total. The van der Waals surface area contributed by atoms with E-state index in [1.165, 1.54) is 26.4 Å². The summed E-state index contributed by atoms with van der Waals surface area (Å²) in [7, 11) is 1.42. The lowest BCUT2D eigenvalue weighted by atomic mass is 9.73. The standard InChI is InChI=1S/C16H23NO2/c1-16(2)11-7-6-10-14(16)17-13-9-5-4-8-12(13)15(18)19-3/h4-5,8-9,14,17H,6-7,10-11H2,1-3H3. The molecular weight excluding hydrogens is 238 g/mol. The third-order valence-corrected chi connectivity index (χ3v) is 4.17. The van der Waals surface area contributed by atoms with Crippen molar-refractivity contribution < 1.29 is 9.53 Å². The molecule has 0 bridgehead atoms. The number of carbonyl (C=O) groups is 1. The third kappa shape index (κ3) is 3.09. The van der Waals surface area contributed by atoms with E-state index in [0.29, 0.717) is 11.6 Å². The second kappa shape index (κ2) is 5.64. The first-order valence-electron chi connectivity index (χ1n) is 6.98. The van der Waals surface area contributed by atoms with Gasteiger partial charge >= 0.3 is 5.97 Å². The molecule has 0 aromatic heterocycles. The fraction of sp³-hybridized carbons (Fsp3) is 0.562. The second-order valence-electron chi connectivity index (χ2n) is 5.97. The summed E-state index contributed by atoms with van der Waals surface area (Å²) in [5.41, 5.74) is 1.77. The molecular formula is C16H23NO2. The topological polar surface area (TPSA) is 38.3 Å². The lowest BCUT2D eigenvalue weighted by Gasteiger charge is -2.39. The smallest absolute Gasteiger partial charge is 0.339 e. The number of methoxy groups -OCH3 is 1. The lowest BCUT2D eigenvalue weighted by Crippen LogP contribution is -2.39. The zero-order valence-electron chi connectivity index (χ0n) is 12.0. The minimum Gasteiger partial charge on any atom is -0.465 e. The van der Waals surface area contributed by atoms with E-state index in [1.807, 2.05) is 24.3 Å². The number of carbonyl (C=O) groups excluding carboxylic acids is 1. The maximum Gasteiger partial charge on any atom is 0.339 e. The zero-order valence-corrected chi connectivity index (χ0v) is 12.0. The number of hydrogen-bond acceptors (Lipinski definition) is 3. The van der Waals surface area contributed by atoms with Crippen molar-refractivity contribution in [2.24, 2.45) is 5.41 Å². The number of benzene rings is 1. The van der Waals surface area contributed by atoms with Gasteiger partial charge < -0.3 is 10.1 Å². The van der Waals surface area contributed by atoms with Crippen LogP contribution in [0.3, 0.4) is 0 Å². The Balaban J connectivity index is 2.21. The minimum absolute atomic E-state index is 0.265. The number of esters is 1. The van der Waals surface area contributed by atoms with Crippen molar-refractivity contribution in [3.63, 3.8) is 0 Å². The molecule has 1 unspecified atom stereocenters.